The quantitative estimate of drug-likeness (QED) is 0.464. The lowest BCUT2D eigenvalue weighted by Crippen LogP contribution is -2.55. The van der Waals surface area contributed by atoms with E-state index in [4.69, 9.17) is 14.2 Å². The van der Waals surface area contributed by atoms with E-state index in [2.05, 4.69) is 0 Å². The van der Waals surface area contributed by atoms with Crippen molar-refractivity contribution in [3.05, 3.63) is 105 Å². The van der Waals surface area contributed by atoms with Crippen molar-refractivity contribution in [2.75, 3.05) is 13.3 Å². The molecular formula is C24H20F2N2O8. The monoisotopic (exact) mass is 502 g/mol. The third-order valence-corrected chi connectivity index (χ3v) is 5.54. The van der Waals surface area contributed by atoms with Gasteiger partial charge in [0, 0.05) is 12.3 Å². The lowest BCUT2D eigenvalue weighted by molar-refractivity contribution is -0.208. The Morgan fingerprint density at radius 1 is 1.00 bits per heavy atom. The summed E-state index contributed by atoms with van der Waals surface area (Å²) in [6.45, 7) is -2.97. The van der Waals surface area contributed by atoms with Crippen LogP contribution in [0, 0.1) is 0 Å². The van der Waals surface area contributed by atoms with E-state index in [9.17, 15) is 28.7 Å². The third-order valence-electron chi connectivity index (χ3n) is 5.54. The number of aromatic amines is 1. The molecule has 12 heteroatoms. The molecule has 3 aromatic rings. The third kappa shape index (κ3) is 4.68. The number of alkyl halides is 2. The molecule has 4 rings (SSSR count). The maximum Gasteiger partial charge on any atom is 0.338 e. The van der Waals surface area contributed by atoms with Gasteiger partial charge in [0.25, 0.3) is 11.4 Å². The molecule has 10 nitrogen and oxygen atoms in total. The number of hydrogen-bond acceptors (Lipinski definition) is 8. The summed E-state index contributed by atoms with van der Waals surface area (Å²) in [5, 5.41) is 11.2. The molecule has 2 N–H and O–H groups in total. The van der Waals surface area contributed by atoms with Crippen LogP contribution in [-0.4, -0.2) is 57.4 Å². The Bertz CT molecular complexity index is 1360. The molecule has 36 heavy (non-hydrogen) atoms. The number of hydrogen-bond donors (Lipinski definition) is 2. The Morgan fingerprint density at radius 3 is 2.14 bits per heavy atom. The second-order valence-electron chi connectivity index (χ2n) is 7.99. The number of aromatic nitrogens is 2. The van der Waals surface area contributed by atoms with Crippen LogP contribution in [0.4, 0.5) is 8.78 Å². The van der Waals surface area contributed by atoms with Gasteiger partial charge in [-0.15, -0.1) is 0 Å². The van der Waals surface area contributed by atoms with Gasteiger partial charge in [0.15, 0.2) is 24.5 Å². The maximum atomic E-state index is 16.3. The zero-order valence-corrected chi connectivity index (χ0v) is 18.5. The normalized spacial score (nSPS) is 25.3. The summed E-state index contributed by atoms with van der Waals surface area (Å²) in [6.07, 6.45) is -3.65. The van der Waals surface area contributed by atoms with Crippen LogP contribution >= 0.6 is 0 Å². The minimum absolute atomic E-state index is 0.0491. The van der Waals surface area contributed by atoms with Crippen LogP contribution in [-0.2, 0) is 14.2 Å². The molecule has 188 valence electrons. The highest BCUT2D eigenvalue weighted by molar-refractivity contribution is 5.90. The first-order chi connectivity index (χ1) is 17.2. The molecular weight excluding hydrogens is 482 g/mol. The van der Waals surface area contributed by atoms with Crippen molar-refractivity contribution in [3.63, 3.8) is 0 Å². The van der Waals surface area contributed by atoms with Crippen molar-refractivity contribution in [2.24, 2.45) is 0 Å². The highest BCUT2D eigenvalue weighted by Gasteiger charge is 2.69. The van der Waals surface area contributed by atoms with Gasteiger partial charge in [0.05, 0.1) is 11.1 Å². The van der Waals surface area contributed by atoms with Crippen LogP contribution in [0.25, 0.3) is 0 Å². The van der Waals surface area contributed by atoms with Gasteiger partial charge in [0.2, 0.25) is 0 Å². The number of halogens is 2. The molecule has 0 radical (unpaired) electrons. The molecule has 0 amide bonds. The van der Waals surface area contributed by atoms with Gasteiger partial charge >= 0.3 is 17.6 Å². The van der Waals surface area contributed by atoms with Crippen molar-refractivity contribution < 1.29 is 37.7 Å². The lowest BCUT2D eigenvalue weighted by Gasteiger charge is -2.32. The summed E-state index contributed by atoms with van der Waals surface area (Å²) in [5.74, 6) is -5.41. The molecule has 0 saturated carbocycles. The smallest absolute Gasteiger partial charge is 0.338 e. The predicted octanol–water partition coefficient (Wildman–Crippen LogP) is 1.51. The van der Waals surface area contributed by atoms with Crippen LogP contribution in [0.2, 0.25) is 0 Å². The summed E-state index contributed by atoms with van der Waals surface area (Å²) in [5.41, 5.74) is -4.91. The first kappa shape index (κ1) is 24.9. The summed E-state index contributed by atoms with van der Waals surface area (Å²) >= 11 is 0. The van der Waals surface area contributed by atoms with Gasteiger partial charge < -0.3 is 19.3 Å². The predicted molar refractivity (Wildman–Crippen MR) is 119 cm³/mol. The average molecular weight is 502 g/mol. The zero-order valence-electron chi connectivity index (χ0n) is 18.5. The zero-order chi connectivity index (χ0) is 25.9. The van der Waals surface area contributed by atoms with E-state index in [1.54, 1.807) is 24.3 Å². The van der Waals surface area contributed by atoms with Gasteiger partial charge in [-0.2, -0.15) is 0 Å². The van der Waals surface area contributed by atoms with Crippen LogP contribution in [0.1, 0.15) is 26.9 Å². The van der Waals surface area contributed by atoms with Crippen molar-refractivity contribution in [1.29, 1.82) is 0 Å². The molecule has 0 unspecified atom stereocenters. The maximum absolute atomic E-state index is 16.3. The van der Waals surface area contributed by atoms with Gasteiger partial charge in [-0.25, -0.2) is 23.2 Å². The molecule has 2 aromatic carbocycles. The van der Waals surface area contributed by atoms with E-state index in [0.29, 0.717) is 4.57 Å². The SMILES string of the molecule is O=C(OC[C@@]1(F)O[C@@H](n2ccc(=O)[nH]c2=O)[C@@](O)(CF)[C@@H]1OC(=O)c1ccccc1)c1ccccc1. The molecule has 4 atom stereocenters. The molecule has 1 saturated heterocycles. The Labute approximate surface area is 201 Å². The van der Waals surface area contributed by atoms with E-state index < -0.39 is 60.3 Å². The summed E-state index contributed by atoms with van der Waals surface area (Å²) in [4.78, 5) is 50.7. The molecule has 1 aromatic heterocycles. The van der Waals surface area contributed by atoms with Crippen LogP contribution in [0.3, 0.4) is 0 Å². The molecule has 0 spiro atoms. The van der Waals surface area contributed by atoms with Gasteiger partial charge in [-0.3, -0.25) is 14.3 Å². The topological polar surface area (TPSA) is 137 Å². The number of ether oxygens (including phenoxy) is 3. The van der Waals surface area contributed by atoms with E-state index in [1.807, 2.05) is 4.98 Å². The molecule has 0 bridgehead atoms. The standard InChI is InChI=1S/C24H20F2N2O8/c25-13-23(33)20(35-19(31)16-9-5-2-6-10-16)24(26,14-34-18(30)15-7-3-1-4-8-15)36-21(23)28-12-11-17(29)27-22(28)32/h1-12,20-21,33H,13-14H2,(H,27,29,32)/t20-,21+,23+,24+/m0/s1. The minimum atomic E-state index is -3.30. The van der Waals surface area contributed by atoms with Crippen LogP contribution in [0.15, 0.2) is 82.5 Å². The number of benzene rings is 2. The van der Waals surface area contributed by atoms with Crippen LogP contribution in [0.5, 0.6) is 0 Å². The van der Waals surface area contributed by atoms with Crippen molar-refractivity contribution in [3.8, 4) is 0 Å². The van der Waals surface area contributed by atoms with Crippen molar-refractivity contribution in [1.82, 2.24) is 9.55 Å². The van der Waals surface area contributed by atoms with E-state index in [-0.39, 0.29) is 11.1 Å². The Balaban J connectivity index is 1.71. The summed E-state index contributed by atoms with van der Waals surface area (Å²) < 4.78 is 46.5. The fourth-order valence-electron chi connectivity index (χ4n) is 3.77. The van der Waals surface area contributed by atoms with Crippen LogP contribution < -0.4 is 11.2 Å². The molecule has 1 aliphatic heterocycles. The number of nitrogens with one attached hydrogen (secondary N) is 1. The number of H-pyrrole nitrogens is 1. The Morgan fingerprint density at radius 2 is 1.58 bits per heavy atom. The Kier molecular flexibility index (Phi) is 6.82. The fourth-order valence-corrected chi connectivity index (χ4v) is 3.77. The van der Waals surface area contributed by atoms with E-state index in [1.165, 1.54) is 36.4 Å². The van der Waals surface area contributed by atoms with E-state index >= 15 is 4.39 Å². The number of esters is 2. The number of aliphatic hydroxyl groups is 1. The first-order valence-corrected chi connectivity index (χ1v) is 10.6. The second kappa shape index (κ2) is 9.84. The molecule has 1 aliphatic rings. The number of rotatable bonds is 7. The summed E-state index contributed by atoms with van der Waals surface area (Å²) in [6, 6.07) is 15.7. The number of nitrogens with zero attached hydrogens (tertiary/aromatic N) is 1. The highest BCUT2D eigenvalue weighted by atomic mass is 19.2. The van der Waals surface area contributed by atoms with Gasteiger partial charge in [-0.05, 0) is 24.3 Å². The second-order valence-corrected chi connectivity index (χ2v) is 7.99. The Hall–Kier alpha value is -4.16. The highest BCUT2D eigenvalue weighted by Crippen LogP contribution is 2.47. The van der Waals surface area contributed by atoms with Gasteiger partial charge in [-0.1, -0.05) is 36.4 Å². The largest absolute Gasteiger partial charge is 0.456 e. The average Bonchev–Trinajstić information content (AvgIpc) is 3.11. The fraction of sp³-hybridized carbons (Fsp3) is 0.250. The number of carbonyl (C=O) groups is 2. The minimum Gasteiger partial charge on any atom is -0.456 e. The molecule has 1 fully saturated rings. The van der Waals surface area contributed by atoms with Gasteiger partial charge in [0.1, 0.15) is 6.67 Å². The number of carbonyl (C=O) groups excluding carboxylic acids is 2. The first-order valence-electron chi connectivity index (χ1n) is 10.6. The summed E-state index contributed by atoms with van der Waals surface area (Å²) in [7, 11) is 0. The van der Waals surface area contributed by atoms with E-state index in [0.717, 1.165) is 12.3 Å². The molecule has 2 heterocycles. The van der Waals surface area contributed by atoms with Crippen molar-refractivity contribution >= 4 is 11.9 Å². The lowest BCUT2D eigenvalue weighted by atomic mass is 9.94. The molecule has 0 aliphatic carbocycles. The van der Waals surface area contributed by atoms with Crippen molar-refractivity contribution in [2.45, 2.75) is 23.8 Å².